The van der Waals surface area contributed by atoms with Crippen molar-refractivity contribution >= 4 is 22.0 Å². The van der Waals surface area contributed by atoms with Crippen molar-refractivity contribution in [1.29, 1.82) is 0 Å². The van der Waals surface area contributed by atoms with Crippen molar-refractivity contribution in [3.63, 3.8) is 0 Å². The van der Waals surface area contributed by atoms with Gasteiger partial charge in [-0.05, 0) is 17.5 Å². The molecule has 0 amide bonds. The third-order valence-electron chi connectivity index (χ3n) is 1.80. The van der Waals surface area contributed by atoms with E-state index in [4.69, 9.17) is 5.11 Å². The van der Waals surface area contributed by atoms with Crippen LogP contribution in [0.1, 0.15) is 17.5 Å². The van der Waals surface area contributed by atoms with E-state index in [2.05, 4.69) is 22.0 Å². The molecule has 0 bridgehead atoms. The number of rotatable bonds is 4. The van der Waals surface area contributed by atoms with Crippen LogP contribution in [0.3, 0.4) is 0 Å². The van der Waals surface area contributed by atoms with Crippen LogP contribution in [0.25, 0.3) is 6.08 Å². The Morgan fingerprint density at radius 2 is 2.08 bits per heavy atom. The molecule has 0 atom stereocenters. The Morgan fingerprint density at radius 3 is 2.77 bits per heavy atom. The van der Waals surface area contributed by atoms with Crippen molar-refractivity contribution < 1.29 is 5.11 Å². The van der Waals surface area contributed by atoms with Gasteiger partial charge in [-0.3, -0.25) is 0 Å². The molecule has 0 saturated heterocycles. The van der Waals surface area contributed by atoms with E-state index in [9.17, 15) is 0 Å². The van der Waals surface area contributed by atoms with Crippen molar-refractivity contribution in [2.24, 2.45) is 0 Å². The summed E-state index contributed by atoms with van der Waals surface area (Å²) < 4.78 is 0. The van der Waals surface area contributed by atoms with E-state index >= 15 is 0 Å². The molecule has 1 aromatic carbocycles. The molecule has 0 fully saturated rings. The van der Waals surface area contributed by atoms with Crippen molar-refractivity contribution in [2.75, 3.05) is 5.33 Å². The first-order valence-electron chi connectivity index (χ1n) is 4.29. The fourth-order valence-electron chi connectivity index (χ4n) is 1.11. The summed E-state index contributed by atoms with van der Waals surface area (Å²) in [7, 11) is 0. The van der Waals surface area contributed by atoms with E-state index in [-0.39, 0.29) is 6.61 Å². The van der Waals surface area contributed by atoms with Gasteiger partial charge in [0, 0.05) is 5.33 Å². The van der Waals surface area contributed by atoms with Crippen molar-refractivity contribution in [2.45, 2.75) is 13.0 Å². The largest absolute Gasteiger partial charge is 0.392 e. The maximum Gasteiger partial charge on any atom is 0.0687 e. The standard InChI is InChI=1S/C11H13BrO/c12-8-4-3-6-10-5-1-2-7-11(10)9-13/h1-3,5-7,13H,4,8-9H2. The van der Waals surface area contributed by atoms with Crippen LogP contribution in [-0.4, -0.2) is 10.4 Å². The summed E-state index contributed by atoms with van der Waals surface area (Å²) in [5.41, 5.74) is 2.08. The molecular formula is C11H13BrO. The molecule has 13 heavy (non-hydrogen) atoms. The zero-order valence-corrected chi connectivity index (χ0v) is 9.00. The number of allylic oxidation sites excluding steroid dienone is 1. The lowest BCUT2D eigenvalue weighted by atomic mass is 10.1. The minimum atomic E-state index is 0.106. The molecule has 1 nitrogen and oxygen atoms in total. The van der Waals surface area contributed by atoms with Gasteiger partial charge in [-0.15, -0.1) is 0 Å². The topological polar surface area (TPSA) is 20.2 Å². The van der Waals surface area contributed by atoms with Crippen LogP contribution >= 0.6 is 15.9 Å². The van der Waals surface area contributed by atoms with Gasteiger partial charge in [0.05, 0.1) is 6.61 Å². The summed E-state index contributed by atoms with van der Waals surface area (Å²) in [4.78, 5) is 0. The first-order valence-corrected chi connectivity index (χ1v) is 5.42. The lowest BCUT2D eigenvalue weighted by molar-refractivity contribution is 0.281. The van der Waals surface area contributed by atoms with Crippen LogP contribution in [0.4, 0.5) is 0 Å². The van der Waals surface area contributed by atoms with Crippen LogP contribution in [0, 0.1) is 0 Å². The molecule has 0 aliphatic rings. The van der Waals surface area contributed by atoms with E-state index in [1.807, 2.05) is 30.3 Å². The highest BCUT2D eigenvalue weighted by molar-refractivity contribution is 9.09. The second-order valence-corrected chi connectivity index (χ2v) is 3.53. The molecule has 1 N–H and O–H groups in total. The Kier molecular flexibility index (Phi) is 4.79. The third-order valence-corrected chi connectivity index (χ3v) is 2.26. The lowest BCUT2D eigenvalue weighted by Gasteiger charge is -2.00. The second-order valence-electron chi connectivity index (χ2n) is 2.74. The van der Waals surface area contributed by atoms with Gasteiger partial charge in [-0.25, -0.2) is 0 Å². The average Bonchev–Trinajstić information content (AvgIpc) is 2.19. The number of aliphatic hydroxyl groups is 1. The molecule has 0 heterocycles. The van der Waals surface area contributed by atoms with Gasteiger partial charge in [-0.1, -0.05) is 52.3 Å². The van der Waals surface area contributed by atoms with Crippen LogP contribution in [0.15, 0.2) is 30.3 Å². The molecule has 0 unspecified atom stereocenters. The molecule has 1 aromatic rings. The quantitative estimate of drug-likeness (QED) is 0.803. The van der Waals surface area contributed by atoms with Gasteiger partial charge in [0.15, 0.2) is 0 Å². The average molecular weight is 241 g/mol. The molecule has 0 saturated carbocycles. The third kappa shape index (κ3) is 3.33. The number of hydrogen-bond donors (Lipinski definition) is 1. The Labute approximate surface area is 87.2 Å². The van der Waals surface area contributed by atoms with E-state index in [1.165, 1.54) is 0 Å². The number of alkyl halides is 1. The van der Waals surface area contributed by atoms with Crippen molar-refractivity contribution in [3.05, 3.63) is 41.5 Å². The predicted octanol–water partition coefficient (Wildman–Crippen LogP) is 2.98. The van der Waals surface area contributed by atoms with Crippen LogP contribution in [-0.2, 0) is 6.61 Å². The summed E-state index contributed by atoms with van der Waals surface area (Å²) in [6.45, 7) is 0.106. The highest BCUT2D eigenvalue weighted by atomic mass is 79.9. The number of aliphatic hydroxyl groups excluding tert-OH is 1. The maximum atomic E-state index is 9.03. The van der Waals surface area contributed by atoms with Gasteiger partial charge in [0.2, 0.25) is 0 Å². The summed E-state index contributed by atoms with van der Waals surface area (Å²) in [6, 6.07) is 7.87. The summed E-state index contributed by atoms with van der Waals surface area (Å²) in [6.07, 6.45) is 5.16. The number of hydrogen-bond acceptors (Lipinski definition) is 1. The molecular weight excluding hydrogens is 228 g/mol. The normalized spacial score (nSPS) is 10.9. The fraction of sp³-hybridized carbons (Fsp3) is 0.273. The first kappa shape index (κ1) is 10.5. The molecule has 2 heteroatoms. The fourth-order valence-corrected chi connectivity index (χ4v) is 1.38. The summed E-state index contributed by atoms with van der Waals surface area (Å²) in [5, 5.41) is 10.0. The highest BCUT2D eigenvalue weighted by Crippen LogP contribution is 2.10. The molecule has 0 radical (unpaired) electrons. The molecule has 0 aromatic heterocycles. The zero-order chi connectivity index (χ0) is 9.52. The van der Waals surface area contributed by atoms with Gasteiger partial charge >= 0.3 is 0 Å². The van der Waals surface area contributed by atoms with E-state index < -0.39 is 0 Å². The summed E-state index contributed by atoms with van der Waals surface area (Å²) in [5.74, 6) is 0. The van der Waals surface area contributed by atoms with Crippen molar-refractivity contribution in [3.8, 4) is 0 Å². The van der Waals surface area contributed by atoms with Gasteiger partial charge in [0.1, 0.15) is 0 Å². The van der Waals surface area contributed by atoms with Gasteiger partial charge in [-0.2, -0.15) is 0 Å². The van der Waals surface area contributed by atoms with Crippen LogP contribution < -0.4 is 0 Å². The van der Waals surface area contributed by atoms with E-state index in [0.29, 0.717) is 0 Å². The minimum absolute atomic E-state index is 0.106. The Bertz CT molecular complexity index is 281. The van der Waals surface area contributed by atoms with Gasteiger partial charge < -0.3 is 5.11 Å². The van der Waals surface area contributed by atoms with Crippen molar-refractivity contribution in [1.82, 2.24) is 0 Å². The zero-order valence-electron chi connectivity index (χ0n) is 7.41. The van der Waals surface area contributed by atoms with Crippen LogP contribution in [0.2, 0.25) is 0 Å². The van der Waals surface area contributed by atoms with Gasteiger partial charge in [0.25, 0.3) is 0 Å². The lowest BCUT2D eigenvalue weighted by Crippen LogP contribution is -1.86. The van der Waals surface area contributed by atoms with E-state index in [1.54, 1.807) is 0 Å². The maximum absolute atomic E-state index is 9.03. The van der Waals surface area contributed by atoms with E-state index in [0.717, 1.165) is 22.9 Å². The second kappa shape index (κ2) is 5.95. The molecule has 1 rings (SSSR count). The smallest absolute Gasteiger partial charge is 0.0687 e. The predicted molar refractivity (Wildman–Crippen MR) is 59.8 cm³/mol. The summed E-state index contributed by atoms with van der Waals surface area (Å²) >= 11 is 3.36. The molecule has 0 aliphatic carbocycles. The highest BCUT2D eigenvalue weighted by Gasteiger charge is 1.94. The SMILES string of the molecule is OCc1ccccc1C=CCCBr. The minimum Gasteiger partial charge on any atom is -0.392 e. The number of benzene rings is 1. The van der Waals surface area contributed by atoms with Crippen LogP contribution in [0.5, 0.6) is 0 Å². The first-order chi connectivity index (χ1) is 6.38. The molecule has 0 aliphatic heterocycles. The molecule has 70 valence electrons. The molecule has 0 spiro atoms. The Hall–Kier alpha value is -0.600. The Morgan fingerprint density at radius 1 is 1.31 bits per heavy atom. The Balaban J connectivity index is 2.74. The number of halogens is 1. The monoisotopic (exact) mass is 240 g/mol.